The van der Waals surface area contributed by atoms with Crippen LogP contribution in [0.1, 0.15) is 0 Å². The third-order valence-corrected chi connectivity index (χ3v) is 4.96. The van der Waals surface area contributed by atoms with Gasteiger partial charge < -0.3 is 15.0 Å². The fourth-order valence-corrected chi connectivity index (χ4v) is 3.34. The van der Waals surface area contributed by atoms with Crippen molar-refractivity contribution in [2.24, 2.45) is 0 Å². The van der Waals surface area contributed by atoms with Crippen LogP contribution in [0.3, 0.4) is 0 Å². The Balaban J connectivity index is 1.57. The molecular formula is C23H24FN4O+. The van der Waals surface area contributed by atoms with Crippen molar-refractivity contribution in [3.05, 3.63) is 67.1 Å². The molecule has 4 aromatic rings. The highest BCUT2D eigenvalue weighted by Gasteiger charge is 2.13. The minimum atomic E-state index is -0.985. The van der Waals surface area contributed by atoms with Crippen LogP contribution in [0.15, 0.2) is 67.1 Å². The highest BCUT2D eigenvalue weighted by molar-refractivity contribution is 5.85. The second-order valence-corrected chi connectivity index (χ2v) is 7.38. The number of aliphatic hydroxyl groups is 1. The fourth-order valence-electron chi connectivity index (χ4n) is 3.34. The summed E-state index contributed by atoms with van der Waals surface area (Å²) in [6, 6.07) is 16.5. The first-order chi connectivity index (χ1) is 14.0. The summed E-state index contributed by atoms with van der Waals surface area (Å²) in [6.07, 6.45) is 4.65. The van der Waals surface area contributed by atoms with Gasteiger partial charge in [0.15, 0.2) is 18.9 Å². The number of H-pyrrole nitrogens is 1. The predicted octanol–water partition coefficient (Wildman–Crippen LogP) is 3.58. The number of nitrogens with one attached hydrogen (secondary N) is 1. The Kier molecular flexibility index (Phi) is 5.27. The zero-order valence-electron chi connectivity index (χ0n) is 16.5. The number of hydrogen-bond donors (Lipinski definition) is 2. The number of halogens is 1. The lowest BCUT2D eigenvalue weighted by atomic mass is 10.0. The largest absolute Gasteiger partial charge is 0.384 e. The monoisotopic (exact) mass is 391 g/mol. The van der Waals surface area contributed by atoms with Crippen LogP contribution in [0, 0.1) is 0 Å². The topological polar surface area (TPSA) is 56.0 Å². The van der Waals surface area contributed by atoms with Crippen LogP contribution < -0.4 is 9.47 Å². The summed E-state index contributed by atoms with van der Waals surface area (Å²) >= 11 is 0. The Morgan fingerprint density at radius 2 is 1.79 bits per heavy atom. The van der Waals surface area contributed by atoms with E-state index in [1.54, 1.807) is 4.57 Å². The van der Waals surface area contributed by atoms with Crippen molar-refractivity contribution < 1.29 is 14.1 Å². The molecule has 0 fully saturated rings. The van der Waals surface area contributed by atoms with Gasteiger partial charge in [-0.25, -0.2) is 13.9 Å². The first kappa shape index (κ1) is 19.1. The molecule has 0 aliphatic heterocycles. The number of nitrogens with zero attached hydrogens (tertiary/aromatic N) is 3. The number of aromatic nitrogens is 3. The van der Waals surface area contributed by atoms with Crippen LogP contribution in [0.4, 0.5) is 10.2 Å². The molecule has 148 valence electrons. The summed E-state index contributed by atoms with van der Waals surface area (Å²) < 4.78 is 14.3. The van der Waals surface area contributed by atoms with Crippen molar-refractivity contribution in [2.45, 2.75) is 12.6 Å². The number of rotatable bonds is 6. The second-order valence-electron chi connectivity index (χ2n) is 7.38. The minimum absolute atomic E-state index is 0.232. The van der Waals surface area contributed by atoms with Gasteiger partial charge in [-0.15, -0.1) is 0 Å². The molecule has 1 atom stereocenters. The SMILES string of the molecule is CN(C)c1ccc(-c2ccc(-c3cc4cc[n+](CC(O)CF)cc4[nH]3)cc2)cn1. The second kappa shape index (κ2) is 8.01. The summed E-state index contributed by atoms with van der Waals surface area (Å²) in [5.41, 5.74) is 5.22. The normalized spacial score (nSPS) is 12.3. The summed E-state index contributed by atoms with van der Waals surface area (Å²) in [6.45, 7) is -0.517. The van der Waals surface area contributed by atoms with Crippen LogP contribution in [0.5, 0.6) is 0 Å². The molecule has 0 aliphatic carbocycles. The van der Waals surface area contributed by atoms with Gasteiger partial charge in [0.1, 0.15) is 24.1 Å². The number of benzene rings is 1. The Hall–Kier alpha value is -3.25. The molecule has 3 aromatic heterocycles. The van der Waals surface area contributed by atoms with Gasteiger partial charge in [0, 0.05) is 43.0 Å². The lowest BCUT2D eigenvalue weighted by molar-refractivity contribution is -0.702. The van der Waals surface area contributed by atoms with Gasteiger partial charge in [0.25, 0.3) is 0 Å². The van der Waals surface area contributed by atoms with E-state index in [2.05, 4.69) is 46.4 Å². The van der Waals surface area contributed by atoms with E-state index < -0.39 is 12.8 Å². The molecule has 1 aromatic carbocycles. The molecule has 0 saturated heterocycles. The Morgan fingerprint density at radius 3 is 2.45 bits per heavy atom. The molecule has 0 aliphatic rings. The Bertz CT molecular complexity index is 1100. The summed E-state index contributed by atoms with van der Waals surface area (Å²) in [5.74, 6) is 0.930. The van der Waals surface area contributed by atoms with E-state index in [0.717, 1.165) is 39.1 Å². The zero-order valence-corrected chi connectivity index (χ0v) is 16.5. The number of pyridine rings is 2. The number of aliphatic hydroxyl groups excluding tert-OH is 1. The maximum Gasteiger partial charge on any atom is 0.193 e. The molecular weight excluding hydrogens is 367 g/mol. The van der Waals surface area contributed by atoms with Crippen molar-refractivity contribution in [2.75, 3.05) is 25.7 Å². The number of alkyl halides is 1. The number of anilines is 1. The zero-order chi connectivity index (χ0) is 20.4. The maximum atomic E-state index is 12.5. The smallest absolute Gasteiger partial charge is 0.193 e. The van der Waals surface area contributed by atoms with E-state index in [4.69, 9.17) is 0 Å². The first-order valence-electron chi connectivity index (χ1n) is 9.53. The molecule has 0 amide bonds. The quantitative estimate of drug-likeness (QED) is 0.494. The van der Waals surface area contributed by atoms with Gasteiger partial charge in [-0.05, 0) is 29.3 Å². The standard InChI is InChI=1S/C23H23FN4O/c1-27(2)23-8-7-19(13-25-23)16-3-5-17(6-4-16)21-11-18-9-10-28(14-20(29)12-24)15-22(18)26-21/h3-11,13,15,20,29H,12,14H2,1-2H3/p+1. The van der Waals surface area contributed by atoms with E-state index in [9.17, 15) is 9.50 Å². The molecule has 29 heavy (non-hydrogen) atoms. The van der Waals surface area contributed by atoms with E-state index in [1.165, 1.54) is 0 Å². The molecule has 3 heterocycles. The molecule has 0 saturated carbocycles. The molecule has 6 heteroatoms. The summed E-state index contributed by atoms with van der Waals surface area (Å²) in [5, 5.41) is 10.6. The van der Waals surface area contributed by atoms with Gasteiger partial charge in [-0.1, -0.05) is 24.3 Å². The summed E-state index contributed by atoms with van der Waals surface area (Å²) in [7, 11) is 3.95. The van der Waals surface area contributed by atoms with Crippen LogP contribution in [0.25, 0.3) is 33.3 Å². The van der Waals surface area contributed by atoms with Crippen LogP contribution >= 0.6 is 0 Å². The van der Waals surface area contributed by atoms with Crippen molar-refractivity contribution in [1.82, 2.24) is 9.97 Å². The number of fused-ring (bicyclic) bond motifs is 1. The van der Waals surface area contributed by atoms with Gasteiger partial charge >= 0.3 is 0 Å². The van der Waals surface area contributed by atoms with E-state index in [0.29, 0.717) is 0 Å². The molecule has 0 bridgehead atoms. The lowest BCUT2D eigenvalue weighted by Crippen LogP contribution is -2.39. The van der Waals surface area contributed by atoms with Crippen LogP contribution in [0.2, 0.25) is 0 Å². The maximum absolute atomic E-state index is 12.5. The third-order valence-electron chi connectivity index (χ3n) is 4.96. The minimum Gasteiger partial charge on any atom is -0.384 e. The lowest BCUT2D eigenvalue weighted by Gasteiger charge is -2.11. The van der Waals surface area contributed by atoms with E-state index in [-0.39, 0.29) is 6.54 Å². The Labute approximate surface area is 169 Å². The predicted molar refractivity (Wildman–Crippen MR) is 113 cm³/mol. The molecule has 5 nitrogen and oxygen atoms in total. The van der Waals surface area contributed by atoms with Gasteiger partial charge in [-0.3, -0.25) is 0 Å². The fraction of sp³-hybridized carbons (Fsp3) is 0.217. The number of aromatic amines is 1. The molecule has 2 N–H and O–H groups in total. The van der Waals surface area contributed by atoms with Crippen molar-refractivity contribution >= 4 is 16.7 Å². The molecule has 1 unspecified atom stereocenters. The van der Waals surface area contributed by atoms with E-state index in [1.807, 2.05) is 49.7 Å². The van der Waals surface area contributed by atoms with Gasteiger partial charge in [0.2, 0.25) is 0 Å². The highest BCUT2D eigenvalue weighted by Crippen LogP contribution is 2.27. The number of hydrogen-bond acceptors (Lipinski definition) is 3. The van der Waals surface area contributed by atoms with Gasteiger partial charge in [-0.2, -0.15) is 0 Å². The Morgan fingerprint density at radius 1 is 1.07 bits per heavy atom. The summed E-state index contributed by atoms with van der Waals surface area (Å²) in [4.78, 5) is 9.86. The van der Waals surface area contributed by atoms with Crippen LogP contribution in [-0.4, -0.2) is 41.9 Å². The van der Waals surface area contributed by atoms with E-state index >= 15 is 0 Å². The highest BCUT2D eigenvalue weighted by atomic mass is 19.1. The van der Waals surface area contributed by atoms with Crippen molar-refractivity contribution in [3.63, 3.8) is 0 Å². The van der Waals surface area contributed by atoms with Crippen LogP contribution in [-0.2, 0) is 6.54 Å². The van der Waals surface area contributed by atoms with Crippen molar-refractivity contribution in [1.29, 1.82) is 0 Å². The first-order valence-corrected chi connectivity index (χ1v) is 9.53. The third kappa shape index (κ3) is 4.12. The average Bonchev–Trinajstić information content (AvgIpc) is 3.17. The molecule has 0 spiro atoms. The van der Waals surface area contributed by atoms with Crippen molar-refractivity contribution in [3.8, 4) is 22.4 Å². The molecule has 0 radical (unpaired) electrons. The van der Waals surface area contributed by atoms with Gasteiger partial charge in [0.05, 0.1) is 0 Å². The molecule has 4 rings (SSSR count). The average molecular weight is 391 g/mol.